The fourth-order valence-electron chi connectivity index (χ4n) is 2.15. The Kier molecular flexibility index (Phi) is 6.92. The standard InChI is InChI=1S/C18H20N2O6/c1-13-7-8-14(17(11-13)25-10-9-24-2)19-18(21)12-26-16-6-4-3-5-15(16)20(22)23/h3-8,11H,9-10,12H2,1-2H3,(H,19,21). The maximum Gasteiger partial charge on any atom is 0.310 e. The lowest BCUT2D eigenvalue weighted by atomic mass is 10.2. The average Bonchev–Trinajstić information content (AvgIpc) is 2.62. The molecule has 0 bridgehead atoms. The molecule has 0 aliphatic rings. The molecule has 1 amide bonds. The number of rotatable bonds is 9. The molecule has 0 spiro atoms. The second-order valence-electron chi connectivity index (χ2n) is 5.40. The Morgan fingerprint density at radius 2 is 1.88 bits per heavy atom. The number of carbonyl (C=O) groups excluding carboxylic acids is 1. The third-order valence-electron chi connectivity index (χ3n) is 3.38. The molecular formula is C18H20N2O6. The number of para-hydroxylation sites is 2. The fourth-order valence-corrected chi connectivity index (χ4v) is 2.15. The summed E-state index contributed by atoms with van der Waals surface area (Å²) in [5.74, 6) is 0.0952. The first-order valence-corrected chi connectivity index (χ1v) is 7.89. The Morgan fingerprint density at radius 3 is 2.62 bits per heavy atom. The Hall–Kier alpha value is -3.13. The molecule has 2 aromatic rings. The van der Waals surface area contributed by atoms with Crippen LogP contribution in [0.25, 0.3) is 0 Å². The van der Waals surface area contributed by atoms with Gasteiger partial charge in [0.25, 0.3) is 5.91 Å². The van der Waals surface area contributed by atoms with Crippen molar-refractivity contribution in [1.82, 2.24) is 0 Å². The number of nitrogens with zero attached hydrogens (tertiary/aromatic N) is 1. The van der Waals surface area contributed by atoms with E-state index in [-0.39, 0.29) is 18.0 Å². The van der Waals surface area contributed by atoms with Crippen LogP contribution in [0.1, 0.15) is 5.56 Å². The summed E-state index contributed by atoms with van der Waals surface area (Å²) >= 11 is 0. The molecule has 0 saturated heterocycles. The van der Waals surface area contributed by atoms with Crippen LogP contribution < -0.4 is 14.8 Å². The van der Waals surface area contributed by atoms with Gasteiger partial charge >= 0.3 is 5.69 Å². The largest absolute Gasteiger partial charge is 0.489 e. The predicted molar refractivity (Wildman–Crippen MR) is 95.8 cm³/mol. The van der Waals surface area contributed by atoms with Gasteiger partial charge in [-0.2, -0.15) is 0 Å². The van der Waals surface area contributed by atoms with Crippen LogP contribution in [0.2, 0.25) is 0 Å². The highest BCUT2D eigenvalue weighted by Gasteiger charge is 2.15. The Labute approximate surface area is 150 Å². The second-order valence-corrected chi connectivity index (χ2v) is 5.40. The number of nitro groups is 1. The van der Waals surface area contributed by atoms with Crippen LogP contribution in [-0.2, 0) is 9.53 Å². The van der Waals surface area contributed by atoms with E-state index in [1.54, 1.807) is 25.3 Å². The van der Waals surface area contributed by atoms with Crippen LogP contribution >= 0.6 is 0 Å². The van der Waals surface area contributed by atoms with Gasteiger partial charge in [-0.05, 0) is 30.7 Å². The smallest absolute Gasteiger partial charge is 0.310 e. The van der Waals surface area contributed by atoms with E-state index < -0.39 is 10.8 Å². The average molecular weight is 360 g/mol. The molecule has 2 aromatic carbocycles. The van der Waals surface area contributed by atoms with E-state index in [2.05, 4.69) is 5.32 Å². The highest BCUT2D eigenvalue weighted by Crippen LogP contribution is 2.27. The van der Waals surface area contributed by atoms with E-state index in [4.69, 9.17) is 14.2 Å². The van der Waals surface area contributed by atoms with E-state index in [1.807, 2.05) is 13.0 Å². The van der Waals surface area contributed by atoms with Crippen LogP contribution in [0.3, 0.4) is 0 Å². The molecule has 0 unspecified atom stereocenters. The van der Waals surface area contributed by atoms with Crippen LogP contribution in [-0.4, -0.2) is 37.8 Å². The molecule has 0 atom stereocenters. The summed E-state index contributed by atoms with van der Waals surface area (Å²) in [5.41, 5.74) is 1.27. The molecule has 0 aromatic heterocycles. The van der Waals surface area contributed by atoms with Gasteiger partial charge in [-0.25, -0.2) is 0 Å². The molecule has 0 saturated carbocycles. The third-order valence-corrected chi connectivity index (χ3v) is 3.38. The third kappa shape index (κ3) is 5.45. The summed E-state index contributed by atoms with van der Waals surface area (Å²) in [7, 11) is 1.57. The lowest BCUT2D eigenvalue weighted by Crippen LogP contribution is -2.21. The normalized spacial score (nSPS) is 10.2. The maximum absolute atomic E-state index is 12.1. The number of benzene rings is 2. The van der Waals surface area contributed by atoms with Gasteiger partial charge in [0, 0.05) is 13.2 Å². The zero-order valence-corrected chi connectivity index (χ0v) is 14.6. The summed E-state index contributed by atoms with van der Waals surface area (Å²) in [6, 6.07) is 11.2. The van der Waals surface area contributed by atoms with Crippen LogP contribution in [0.4, 0.5) is 11.4 Å². The van der Waals surface area contributed by atoms with Gasteiger partial charge < -0.3 is 19.5 Å². The molecule has 8 heteroatoms. The first-order valence-electron chi connectivity index (χ1n) is 7.89. The molecule has 1 N–H and O–H groups in total. The van der Waals surface area contributed by atoms with Crippen molar-refractivity contribution in [2.75, 3.05) is 32.2 Å². The molecule has 8 nitrogen and oxygen atoms in total. The van der Waals surface area contributed by atoms with Crippen molar-refractivity contribution in [3.63, 3.8) is 0 Å². The lowest BCUT2D eigenvalue weighted by Gasteiger charge is -2.13. The van der Waals surface area contributed by atoms with Gasteiger partial charge in [0.2, 0.25) is 0 Å². The van der Waals surface area contributed by atoms with E-state index in [0.717, 1.165) is 5.56 Å². The summed E-state index contributed by atoms with van der Waals surface area (Å²) in [4.78, 5) is 22.5. The Balaban J connectivity index is 2.01. The van der Waals surface area contributed by atoms with Crippen molar-refractivity contribution in [3.8, 4) is 11.5 Å². The SMILES string of the molecule is COCCOc1cc(C)ccc1NC(=O)COc1ccccc1[N+](=O)[O-]. The molecule has 138 valence electrons. The van der Waals surface area contributed by atoms with E-state index in [1.165, 1.54) is 18.2 Å². The number of amides is 1. The Bertz CT molecular complexity index is 778. The number of methoxy groups -OCH3 is 1. The van der Waals surface area contributed by atoms with Crippen molar-refractivity contribution in [3.05, 3.63) is 58.1 Å². The van der Waals surface area contributed by atoms with Crippen molar-refractivity contribution >= 4 is 17.3 Å². The summed E-state index contributed by atoms with van der Waals surface area (Å²) in [6.07, 6.45) is 0. The minimum absolute atomic E-state index is 0.0353. The number of hydrogen-bond donors (Lipinski definition) is 1. The fraction of sp³-hybridized carbons (Fsp3) is 0.278. The van der Waals surface area contributed by atoms with Crippen molar-refractivity contribution in [2.45, 2.75) is 6.92 Å². The van der Waals surface area contributed by atoms with Crippen molar-refractivity contribution in [2.24, 2.45) is 0 Å². The number of hydrogen-bond acceptors (Lipinski definition) is 6. The first kappa shape index (κ1) is 19.2. The zero-order valence-electron chi connectivity index (χ0n) is 14.6. The molecular weight excluding hydrogens is 340 g/mol. The molecule has 26 heavy (non-hydrogen) atoms. The Morgan fingerprint density at radius 1 is 1.12 bits per heavy atom. The van der Waals surface area contributed by atoms with E-state index in [9.17, 15) is 14.9 Å². The number of carbonyl (C=O) groups is 1. The van der Waals surface area contributed by atoms with Gasteiger partial charge in [0.15, 0.2) is 12.4 Å². The number of nitro benzene ring substituents is 1. The highest BCUT2D eigenvalue weighted by atomic mass is 16.6. The molecule has 0 aliphatic carbocycles. The quantitative estimate of drug-likeness (QED) is 0.419. The number of ether oxygens (including phenoxy) is 3. The minimum atomic E-state index is -0.561. The highest BCUT2D eigenvalue weighted by molar-refractivity contribution is 5.93. The molecule has 0 fully saturated rings. The topological polar surface area (TPSA) is 99.9 Å². The van der Waals surface area contributed by atoms with Crippen molar-refractivity contribution in [1.29, 1.82) is 0 Å². The van der Waals surface area contributed by atoms with Crippen LogP contribution in [0.5, 0.6) is 11.5 Å². The minimum Gasteiger partial charge on any atom is -0.489 e. The summed E-state index contributed by atoms with van der Waals surface area (Å²) < 4.78 is 15.8. The number of nitrogens with one attached hydrogen (secondary N) is 1. The van der Waals surface area contributed by atoms with Gasteiger partial charge in [0.05, 0.1) is 17.2 Å². The molecule has 2 rings (SSSR count). The molecule has 0 heterocycles. The molecule has 0 radical (unpaired) electrons. The van der Waals surface area contributed by atoms with Crippen LogP contribution in [0.15, 0.2) is 42.5 Å². The van der Waals surface area contributed by atoms with Gasteiger partial charge in [0.1, 0.15) is 12.4 Å². The zero-order chi connectivity index (χ0) is 18.9. The lowest BCUT2D eigenvalue weighted by molar-refractivity contribution is -0.385. The van der Waals surface area contributed by atoms with Crippen LogP contribution in [0, 0.1) is 17.0 Å². The van der Waals surface area contributed by atoms with Gasteiger partial charge in [-0.3, -0.25) is 14.9 Å². The number of aryl methyl sites for hydroxylation is 1. The maximum atomic E-state index is 12.1. The first-order chi connectivity index (χ1) is 12.5. The summed E-state index contributed by atoms with van der Waals surface area (Å²) in [6.45, 7) is 2.31. The van der Waals surface area contributed by atoms with E-state index >= 15 is 0 Å². The predicted octanol–water partition coefficient (Wildman–Crippen LogP) is 2.95. The van der Waals surface area contributed by atoms with Gasteiger partial charge in [-0.1, -0.05) is 18.2 Å². The van der Waals surface area contributed by atoms with E-state index in [0.29, 0.717) is 24.7 Å². The number of anilines is 1. The van der Waals surface area contributed by atoms with Gasteiger partial charge in [-0.15, -0.1) is 0 Å². The second kappa shape index (κ2) is 9.38. The monoisotopic (exact) mass is 360 g/mol. The van der Waals surface area contributed by atoms with Crippen molar-refractivity contribution < 1.29 is 23.9 Å². The summed E-state index contributed by atoms with van der Waals surface area (Å²) in [5, 5.41) is 13.6. The molecule has 0 aliphatic heterocycles.